The maximum atomic E-state index is 11.3. The molecular weight excluding hydrogens is 230 g/mol. The van der Waals surface area contributed by atoms with E-state index in [1.54, 1.807) is 23.0 Å². The van der Waals surface area contributed by atoms with Crippen LogP contribution in [0, 0.1) is 10.6 Å². The van der Waals surface area contributed by atoms with E-state index in [2.05, 4.69) is 9.84 Å². The summed E-state index contributed by atoms with van der Waals surface area (Å²) in [5.41, 5.74) is 0. The molecule has 0 aliphatic rings. The largest absolute Gasteiger partial charge is 0.616 e. The molecule has 18 heavy (non-hydrogen) atoms. The monoisotopic (exact) mass is 241 g/mol. The molecule has 3 rings (SSSR count). The predicted octanol–water partition coefficient (Wildman–Crippen LogP) is -1.00. The van der Waals surface area contributed by atoms with Gasteiger partial charge in [0.05, 0.1) is 12.1 Å². The first kappa shape index (κ1) is 10.6. The fourth-order valence-corrected chi connectivity index (χ4v) is 1.90. The SMILES string of the molecule is COC([O-])=c1ccc(=c2cnn3ccc[n+]23)cc1. The number of ether oxygens (including phenoxy) is 1. The third-order valence-electron chi connectivity index (χ3n) is 2.81. The van der Waals surface area contributed by atoms with Crippen LogP contribution in [0.3, 0.4) is 0 Å². The summed E-state index contributed by atoms with van der Waals surface area (Å²) in [6.07, 6.45) is 5.58. The molecule has 0 unspecified atom stereocenters. The molecule has 0 saturated heterocycles. The molecule has 0 atom stereocenters. The van der Waals surface area contributed by atoms with Crippen molar-refractivity contribution in [2.45, 2.75) is 0 Å². The van der Waals surface area contributed by atoms with Crippen molar-refractivity contribution in [2.75, 3.05) is 7.11 Å². The average molecular weight is 241 g/mol. The molecule has 0 bridgehead atoms. The lowest BCUT2D eigenvalue weighted by atomic mass is 10.2. The first-order chi connectivity index (χ1) is 8.79. The Labute approximate surface area is 102 Å². The Morgan fingerprint density at radius 1 is 1.33 bits per heavy atom. The van der Waals surface area contributed by atoms with Crippen molar-refractivity contribution >= 4 is 5.95 Å². The Balaban J connectivity index is 2.34. The molecule has 0 radical (unpaired) electrons. The smallest absolute Gasteiger partial charge is 0.215 e. The van der Waals surface area contributed by atoms with E-state index in [0.717, 1.165) is 10.6 Å². The molecule has 3 aromatic rings. The van der Waals surface area contributed by atoms with E-state index in [9.17, 15) is 5.11 Å². The molecule has 0 spiro atoms. The van der Waals surface area contributed by atoms with Crippen LogP contribution in [0.15, 0.2) is 48.9 Å². The highest BCUT2D eigenvalue weighted by Crippen LogP contribution is 1.91. The van der Waals surface area contributed by atoms with Crippen LogP contribution in [-0.4, -0.2) is 16.8 Å². The Morgan fingerprint density at radius 3 is 2.83 bits per heavy atom. The van der Waals surface area contributed by atoms with Crippen molar-refractivity contribution in [3.8, 4) is 0 Å². The number of hydrogen-bond donors (Lipinski definition) is 0. The molecule has 0 fully saturated rings. The van der Waals surface area contributed by atoms with Gasteiger partial charge in [-0.15, -0.1) is 4.52 Å². The molecule has 90 valence electrons. The maximum absolute atomic E-state index is 11.3. The first-order valence-electron chi connectivity index (χ1n) is 5.49. The molecule has 0 amide bonds. The molecular formula is C13H11N3O2. The molecule has 0 aliphatic carbocycles. The van der Waals surface area contributed by atoms with Crippen molar-refractivity contribution in [3.63, 3.8) is 0 Å². The molecule has 2 aromatic heterocycles. The standard InChI is InChI=1S/C13H11N3O2/c1-18-13(17)11-5-3-10(4-6-11)12-9-14-16-8-2-7-15(12)16/h2-9H,1H3. The van der Waals surface area contributed by atoms with Crippen LogP contribution in [0.5, 0.6) is 0 Å². The number of rotatable bonds is 1. The summed E-state index contributed by atoms with van der Waals surface area (Å²) in [5.74, 6) is -0.331. The molecule has 0 N–H and O–H groups in total. The van der Waals surface area contributed by atoms with Crippen molar-refractivity contribution < 1.29 is 14.4 Å². The topological polar surface area (TPSA) is 53.7 Å². The van der Waals surface area contributed by atoms with Gasteiger partial charge < -0.3 is 9.84 Å². The number of hydrogen-bond acceptors (Lipinski definition) is 3. The minimum atomic E-state index is -0.331. The van der Waals surface area contributed by atoms with Gasteiger partial charge in [-0.3, -0.25) is 0 Å². The van der Waals surface area contributed by atoms with Crippen LogP contribution in [0.2, 0.25) is 0 Å². The van der Waals surface area contributed by atoms with Crippen LogP contribution >= 0.6 is 0 Å². The van der Waals surface area contributed by atoms with E-state index in [1.807, 2.05) is 35.1 Å². The Morgan fingerprint density at radius 2 is 2.11 bits per heavy atom. The summed E-state index contributed by atoms with van der Waals surface area (Å²) >= 11 is 0. The number of aromatic nitrogens is 3. The zero-order valence-corrected chi connectivity index (χ0v) is 9.78. The highest BCUT2D eigenvalue weighted by Gasteiger charge is 2.04. The Bertz CT molecular complexity index is 815. The zero-order chi connectivity index (χ0) is 12.5. The number of methoxy groups -OCH3 is 1. The molecule has 5 nitrogen and oxygen atoms in total. The number of benzene rings is 1. The van der Waals surface area contributed by atoms with Gasteiger partial charge >= 0.3 is 0 Å². The zero-order valence-electron chi connectivity index (χ0n) is 9.78. The number of fused-ring (bicyclic) bond motifs is 1. The predicted molar refractivity (Wildman–Crippen MR) is 60.6 cm³/mol. The maximum Gasteiger partial charge on any atom is 0.215 e. The van der Waals surface area contributed by atoms with Gasteiger partial charge in [0.25, 0.3) is 0 Å². The van der Waals surface area contributed by atoms with Crippen LogP contribution in [-0.2, 0) is 4.74 Å². The van der Waals surface area contributed by atoms with E-state index >= 15 is 0 Å². The highest BCUT2D eigenvalue weighted by molar-refractivity contribution is 5.24. The summed E-state index contributed by atoms with van der Waals surface area (Å²) in [6, 6.07) is 9.16. The van der Waals surface area contributed by atoms with Crippen LogP contribution in [0.1, 0.15) is 0 Å². The highest BCUT2D eigenvalue weighted by atomic mass is 16.6. The Hall–Kier alpha value is -2.56. The van der Waals surface area contributed by atoms with E-state index < -0.39 is 0 Å². The minimum Gasteiger partial charge on any atom is -0.616 e. The van der Waals surface area contributed by atoms with E-state index in [0.29, 0.717) is 5.22 Å². The second kappa shape index (κ2) is 4.03. The fraction of sp³-hybridized carbons (Fsp3) is 0.0769. The van der Waals surface area contributed by atoms with Crippen molar-refractivity contribution in [1.82, 2.24) is 9.73 Å². The quantitative estimate of drug-likeness (QED) is 0.513. The van der Waals surface area contributed by atoms with Gasteiger partial charge in [0.15, 0.2) is 0 Å². The lowest BCUT2D eigenvalue weighted by Gasteiger charge is -2.07. The summed E-state index contributed by atoms with van der Waals surface area (Å²) in [6.45, 7) is 0. The van der Waals surface area contributed by atoms with Gasteiger partial charge in [-0.05, 0) is 29.1 Å². The van der Waals surface area contributed by atoms with Gasteiger partial charge in [-0.1, -0.05) is 12.1 Å². The lowest BCUT2D eigenvalue weighted by Crippen LogP contribution is -2.25. The van der Waals surface area contributed by atoms with Crippen LogP contribution in [0.4, 0.5) is 0 Å². The molecule has 0 saturated carbocycles. The Kier molecular flexibility index (Phi) is 2.37. The summed E-state index contributed by atoms with van der Waals surface area (Å²) in [7, 11) is 1.37. The van der Waals surface area contributed by atoms with Gasteiger partial charge in [0, 0.05) is 16.4 Å². The van der Waals surface area contributed by atoms with Crippen molar-refractivity contribution in [2.24, 2.45) is 0 Å². The van der Waals surface area contributed by atoms with E-state index in [-0.39, 0.29) is 5.95 Å². The van der Waals surface area contributed by atoms with Gasteiger partial charge in [0.2, 0.25) is 11.5 Å². The van der Waals surface area contributed by atoms with E-state index in [4.69, 9.17) is 0 Å². The summed E-state index contributed by atoms with van der Waals surface area (Å²) < 4.78 is 8.33. The van der Waals surface area contributed by atoms with Gasteiger partial charge in [-0.25, -0.2) is 0 Å². The molecule has 0 aliphatic heterocycles. The molecule has 1 aromatic carbocycles. The minimum absolute atomic E-state index is 0.331. The fourth-order valence-electron chi connectivity index (χ4n) is 1.90. The lowest BCUT2D eigenvalue weighted by molar-refractivity contribution is -0.627. The normalized spacial score (nSPS) is 10.7. The summed E-state index contributed by atoms with van der Waals surface area (Å²) in [4.78, 5) is 0. The second-order valence-electron chi connectivity index (χ2n) is 3.85. The van der Waals surface area contributed by atoms with Gasteiger partial charge in [0.1, 0.15) is 6.20 Å². The third-order valence-corrected chi connectivity index (χ3v) is 2.81. The average Bonchev–Trinajstić information content (AvgIpc) is 3.00. The number of nitrogens with zero attached hydrogens (tertiary/aromatic N) is 3. The molecule has 5 heteroatoms. The second-order valence-corrected chi connectivity index (χ2v) is 3.85. The van der Waals surface area contributed by atoms with Crippen molar-refractivity contribution in [1.29, 1.82) is 0 Å². The van der Waals surface area contributed by atoms with Gasteiger partial charge in [-0.2, -0.15) is 0 Å². The van der Waals surface area contributed by atoms with Crippen LogP contribution in [0.25, 0.3) is 5.95 Å². The first-order valence-corrected chi connectivity index (χ1v) is 5.49. The molecule has 2 heterocycles. The third kappa shape index (κ3) is 1.57. The van der Waals surface area contributed by atoms with Crippen LogP contribution < -0.4 is 14.8 Å². The van der Waals surface area contributed by atoms with E-state index in [1.165, 1.54) is 7.11 Å². The van der Waals surface area contributed by atoms with Crippen molar-refractivity contribution in [3.05, 3.63) is 64.7 Å². The summed E-state index contributed by atoms with van der Waals surface area (Å²) in [5, 5.41) is 18.1.